The van der Waals surface area contributed by atoms with Gasteiger partial charge in [0.2, 0.25) is 5.91 Å². The minimum absolute atomic E-state index is 0.132. The molecule has 1 rings (SSSR count). The molecule has 1 aliphatic rings. The van der Waals surface area contributed by atoms with Gasteiger partial charge in [0.25, 0.3) is 0 Å². The topological polar surface area (TPSA) is 29.5 Å². The summed E-state index contributed by atoms with van der Waals surface area (Å²) in [6.45, 7) is 12.5. The highest BCUT2D eigenvalue weighted by atomic mass is 16.5. The van der Waals surface area contributed by atoms with E-state index in [1.54, 1.807) is 7.11 Å². The number of carbonyl (C=O) groups excluding carboxylic acids is 1. The van der Waals surface area contributed by atoms with Crippen molar-refractivity contribution in [2.45, 2.75) is 53.5 Å². The van der Waals surface area contributed by atoms with Crippen LogP contribution in [0.1, 0.15) is 47.5 Å². The second-order valence-electron chi connectivity index (χ2n) is 6.53. The lowest BCUT2D eigenvalue weighted by atomic mass is 9.91. The molecule has 1 aliphatic heterocycles. The molecule has 19 heavy (non-hydrogen) atoms. The molecule has 0 N–H and O–H groups in total. The Hall–Kier alpha value is -0.570. The van der Waals surface area contributed by atoms with Gasteiger partial charge in [-0.1, -0.05) is 41.0 Å². The molecular formula is C16H31NO2. The van der Waals surface area contributed by atoms with Gasteiger partial charge in [-0.2, -0.15) is 0 Å². The Balaban J connectivity index is 2.75. The van der Waals surface area contributed by atoms with Crippen LogP contribution >= 0.6 is 0 Å². The summed E-state index contributed by atoms with van der Waals surface area (Å²) < 4.78 is 5.27. The Morgan fingerprint density at radius 2 is 1.95 bits per heavy atom. The fourth-order valence-electron chi connectivity index (χ4n) is 3.06. The lowest BCUT2D eigenvalue weighted by Gasteiger charge is -2.31. The molecule has 1 heterocycles. The number of carbonyl (C=O) groups is 1. The summed E-state index contributed by atoms with van der Waals surface area (Å²) in [4.78, 5) is 14.8. The normalized spacial score (nSPS) is 26.8. The summed E-state index contributed by atoms with van der Waals surface area (Å²) >= 11 is 0. The largest absolute Gasteiger partial charge is 0.384 e. The van der Waals surface area contributed by atoms with E-state index in [4.69, 9.17) is 4.74 Å². The minimum Gasteiger partial charge on any atom is -0.384 e. The van der Waals surface area contributed by atoms with Gasteiger partial charge in [0.15, 0.2) is 0 Å². The molecule has 1 amide bonds. The number of ether oxygens (including phenoxy) is 1. The van der Waals surface area contributed by atoms with E-state index in [0.29, 0.717) is 29.7 Å². The van der Waals surface area contributed by atoms with E-state index in [2.05, 4.69) is 39.5 Å². The minimum atomic E-state index is 0.132. The van der Waals surface area contributed by atoms with Gasteiger partial charge in [0.05, 0.1) is 6.61 Å². The highest BCUT2D eigenvalue weighted by Gasteiger charge is 2.38. The number of amides is 1. The molecule has 0 aliphatic carbocycles. The maximum atomic E-state index is 12.7. The van der Waals surface area contributed by atoms with E-state index in [0.717, 1.165) is 26.0 Å². The number of hydrogen-bond donors (Lipinski definition) is 0. The number of nitrogens with zero attached hydrogens (tertiary/aromatic N) is 1. The first-order valence-corrected chi connectivity index (χ1v) is 7.71. The Labute approximate surface area is 118 Å². The zero-order valence-corrected chi connectivity index (χ0v) is 13.5. The average molecular weight is 269 g/mol. The third kappa shape index (κ3) is 3.95. The van der Waals surface area contributed by atoms with E-state index in [-0.39, 0.29) is 5.92 Å². The van der Waals surface area contributed by atoms with Gasteiger partial charge in [-0.15, -0.1) is 0 Å². The van der Waals surface area contributed by atoms with Gasteiger partial charge in [0.1, 0.15) is 0 Å². The predicted molar refractivity (Wildman–Crippen MR) is 78.9 cm³/mol. The fourth-order valence-corrected chi connectivity index (χ4v) is 3.06. The summed E-state index contributed by atoms with van der Waals surface area (Å²) in [5.74, 6) is 1.96. The van der Waals surface area contributed by atoms with Crippen molar-refractivity contribution in [3.05, 3.63) is 0 Å². The molecular weight excluding hydrogens is 238 g/mol. The van der Waals surface area contributed by atoms with Crippen LogP contribution in [0.5, 0.6) is 0 Å². The maximum Gasteiger partial charge on any atom is 0.225 e. The van der Waals surface area contributed by atoms with Gasteiger partial charge in [-0.3, -0.25) is 4.79 Å². The van der Waals surface area contributed by atoms with E-state index >= 15 is 0 Å². The molecule has 0 saturated carbocycles. The highest BCUT2D eigenvalue weighted by molar-refractivity contribution is 5.79. The number of methoxy groups -OCH3 is 1. The van der Waals surface area contributed by atoms with Crippen molar-refractivity contribution in [2.24, 2.45) is 23.7 Å². The molecule has 1 fully saturated rings. The standard InChI is InChI=1S/C16H31NO2/c1-7-12(4)13(5)16(18)17-9-14(10-19-6)8-15(17)11(2)3/h11-15H,7-10H2,1-6H3/t12?,13?,14?,15-/m0/s1. The van der Waals surface area contributed by atoms with Crippen LogP contribution < -0.4 is 0 Å². The van der Waals surface area contributed by atoms with Crippen LogP contribution in [0.3, 0.4) is 0 Å². The average Bonchev–Trinajstić information content (AvgIpc) is 2.80. The van der Waals surface area contributed by atoms with E-state index in [1.165, 1.54) is 0 Å². The third-order valence-electron chi connectivity index (χ3n) is 4.77. The van der Waals surface area contributed by atoms with E-state index in [1.807, 2.05) is 0 Å². The van der Waals surface area contributed by atoms with Crippen LogP contribution in [0.25, 0.3) is 0 Å². The molecule has 0 spiro atoms. The number of likely N-dealkylation sites (tertiary alicyclic amines) is 1. The number of rotatable bonds is 6. The van der Waals surface area contributed by atoms with Gasteiger partial charge in [-0.05, 0) is 18.3 Å². The molecule has 0 aromatic heterocycles. The smallest absolute Gasteiger partial charge is 0.225 e. The zero-order valence-electron chi connectivity index (χ0n) is 13.5. The number of hydrogen-bond acceptors (Lipinski definition) is 2. The first kappa shape index (κ1) is 16.5. The Morgan fingerprint density at radius 1 is 1.32 bits per heavy atom. The van der Waals surface area contributed by atoms with Crippen LogP contribution in [0.4, 0.5) is 0 Å². The van der Waals surface area contributed by atoms with Crippen molar-refractivity contribution in [1.29, 1.82) is 0 Å². The van der Waals surface area contributed by atoms with Crippen LogP contribution in [0, 0.1) is 23.7 Å². The van der Waals surface area contributed by atoms with Crippen LogP contribution in [-0.4, -0.2) is 37.1 Å². The molecule has 0 bridgehead atoms. The van der Waals surface area contributed by atoms with Crippen molar-refractivity contribution in [3.8, 4) is 0 Å². The second-order valence-corrected chi connectivity index (χ2v) is 6.53. The predicted octanol–water partition coefficient (Wildman–Crippen LogP) is 3.19. The van der Waals surface area contributed by atoms with Crippen LogP contribution in [-0.2, 0) is 9.53 Å². The molecule has 3 nitrogen and oxygen atoms in total. The SMILES string of the molecule is CCC(C)C(C)C(=O)N1CC(COC)C[C@H]1C(C)C. The molecule has 1 saturated heterocycles. The second kappa shape index (κ2) is 7.28. The van der Waals surface area contributed by atoms with Crippen molar-refractivity contribution in [1.82, 2.24) is 4.90 Å². The summed E-state index contributed by atoms with van der Waals surface area (Å²) in [5, 5.41) is 0. The molecule has 0 aromatic carbocycles. The Morgan fingerprint density at radius 3 is 2.42 bits per heavy atom. The van der Waals surface area contributed by atoms with E-state index in [9.17, 15) is 4.79 Å². The van der Waals surface area contributed by atoms with Crippen molar-refractivity contribution in [3.63, 3.8) is 0 Å². The first-order valence-electron chi connectivity index (χ1n) is 7.71. The molecule has 0 aromatic rings. The lowest BCUT2D eigenvalue weighted by molar-refractivity contribution is -0.138. The quantitative estimate of drug-likeness (QED) is 0.741. The van der Waals surface area contributed by atoms with Crippen molar-refractivity contribution >= 4 is 5.91 Å². The highest BCUT2D eigenvalue weighted by Crippen LogP contribution is 2.31. The first-order chi connectivity index (χ1) is 8.92. The third-order valence-corrected chi connectivity index (χ3v) is 4.77. The van der Waals surface area contributed by atoms with Gasteiger partial charge >= 0.3 is 0 Å². The maximum absolute atomic E-state index is 12.7. The van der Waals surface area contributed by atoms with E-state index < -0.39 is 0 Å². The summed E-state index contributed by atoms with van der Waals surface area (Å²) in [5.41, 5.74) is 0. The van der Waals surface area contributed by atoms with Crippen molar-refractivity contribution < 1.29 is 9.53 Å². The van der Waals surface area contributed by atoms with Crippen LogP contribution in [0.2, 0.25) is 0 Å². The molecule has 3 heteroatoms. The Bertz CT molecular complexity index is 290. The van der Waals surface area contributed by atoms with Gasteiger partial charge < -0.3 is 9.64 Å². The van der Waals surface area contributed by atoms with Gasteiger partial charge in [0, 0.05) is 31.5 Å². The summed E-state index contributed by atoms with van der Waals surface area (Å²) in [6, 6.07) is 0.388. The van der Waals surface area contributed by atoms with Gasteiger partial charge in [-0.25, -0.2) is 0 Å². The molecule has 4 atom stereocenters. The Kier molecular flexibility index (Phi) is 6.31. The lowest BCUT2D eigenvalue weighted by Crippen LogP contribution is -2.43. The van der Waals surface area contributed by atoms with Crippen molar-refractivity contribution in [2.75, 3.05) is 20.3 Å². The fraction of sp³-hybridized carbons (Fsp3) is 0.938. The summed E-state index contributed by atoms with van der Waals surface area (Å²) in [6.07, 6.45) is 2.15. The van der Waals surface area contributed by atoms with Crippen LogP contribution in [0.15, 0.2) is 0 Å². The molecule has 3 unspecified atom stereocenters. The molecule has 112 valence electrons. The zero-order chi connectivity index (χ0) is 14.6. The summed E-state index contributed by atoms with van der Waals surface area (Å²) in [7, 11) is 1.75. The monoisotopic (exact) mass is 269 g/mol. The molecule has 0 radical (unpaired) electrons.